The number of rotatable bonds is 4. The molecule has 1 fully saturated rings. The minimum Gasteiger partial charge on any atom is -0.336 e. The van der Waals surface area contributed by atoms with Crippen LogP contribution in [-0.4, -0.2) is 40.7 Å². The van der Waals surface area contributed by atoms with Crippen molar-refractivity contribution in [2.75, 3.05) is 18.0 Å². The van der Waals surface area contributed by atoms with Gasteiger partial charge in [-0.15, -0.1) is 0 Å². The normalized spacial score (nSPS) is 13.2. The zero-order chi connectivity index (χ0) is 22.8. The molecular formula is C22H22N6O4. The van der Waals surface area contributed by atoms with Crippen molar-refractivity contribution in [2.24, 2.45) is 0 Å². The number of amides is 4. The second kappa shape index (κ2) is 8.50. The van der Waals surface area contributed by atoms with E-state index in [1.165, 1.54) is 4.68 Å². The number of urea groups is 1. The van der Waals surface area contributed by atoms with Crippen LogP contribution in [0.25, 0.3) is 10.8 Å². The molecule has 1 aliphatic rings. The Hall–Kier alpha value is -4.21. The van der Waals surface area contributed by atoms with E-state index in [0.29, 0.717) is 36.0 Å². The van der Waals surface area contributed by atoms with Gasteiger partial charge in [-0.3, -0.25) is 30.1 Å². The molecule has 3 N–H and O–H groups in total. The molecule has 1 aromatic heterocycles. The van der Waals surface area contributed by atoms with Gasteiger partial charge >= 0.3 is 6.03 Å². The summed E-state index contributed by atoms with van der Waals surface area (Å²) in [6.45, 7) is 4.99. The van der Waals surface area contributed by atoms with Gasteiger partial charge in [0.1, 0.15) is 0 Å². The molecule has 0 radical (unpaired) electrons. The number of benzene rings is 2. The van der Waals surface area contributed by atoms with Crippen LogP contribution in [0.1, 0.15) is 33.3 Å². The maximum atomic E-state index is 12.8. The lowest BCUT2D eigenvalue weighted by Crippen LogP contribution is -2.42. The van der Waals surface area contributed by atoms with E-state index in [2.05, 4.69) is 21.3 Å². The Morgan fingerprint density at radius 3 is 2.44 bits per heavy atom. The van der Waals surface area contributed by atoms with Crippen molar-refractivity contribution in [1.29, 1.82) is 0 Å². The number of carbonyl (C=O) groups is 3. The largest absolute Gasteiger partial charge is 0.336 e. The number of anilines is 1. The fourth-order valence-electron chi connectivity index (χ4n) is 3.66. The predicted octanol–water partition coefficient (Wildman–Crippen LogP) is 1.33. The second-order valence-electron chi connectivity index (χ2n) is 7.31. The minimum atomic E-state index is -0.640. The Morgan fingerprint density at radius 2 is 1.78 bits per heavy atom. The molecule has 1 saturated heterocycles. The summed E-state index contributed by atoms with van der Waals surface area (Å²) < 4.78 is 1.20. The molecule has 10 heteroatoms. The highest BCUT2D eigenvalue weighted by Gasteiger charge is 2.23. The summed E-state index contributed by atoms with van der Waals surface area (Å²) in [5.74, 6) is -1.16. The number of hydrazine groups is 1. The van der Waals surface area contributed by atoms with E-state index < -0.39 is 11.8 Å². The monoisotopic (exact) mass is 434 g/mol. The van der Waals surface area contributed by atoms with Gasteiger partial charge in [0.2, 0.25) is 0 Å². The third-order valence-corrected chi connectivity index (χ3v) is 5.28. The number of carbonyl (C=O) groups excluding carboxylic acids is 3. The lowest BCUT2D eigenvalue weighted by Gasteiger charge is -2.17. The van der Waals surface area contributed by atoms with Crippen molar-refractivity contribution in [1.82, 2.24) is 25.9 Å². The quantitative estimate of drug-likeness (QED) is 0.534. The lowest BCUT2D eigenvalue weighted by molar-refractivity contribution is 0.0843. The van der Waals surface area contributed by atoms with Gasteiger partial charge in [-0.1, -0.05) is 18.2 Å². The topological polar surface area (TPSA) is 125 Å². The Bertz CT molecular complexity index is 1300. The van der Waals surface area contributed by atoms with Crippen LogP contribution in [0, 0.1) is 6.92 Å². The van der Waals surface area contributed by atoms with E-state index >= 15 is 0 Å². The highest BCUT2D eigenvalue weighted by atomic mass is 16.2. The smallest absolute Gasteiger partial charge is 0.322 e. The van der Waals surface area contributed by atoms with E-state index in [1.807, 2.05) is 0 Å². The number of aromatic nitrogens is 2. The van der Waals surface area contributed by atoms with Crippen molar-refractivity contribution in [3.63, 3.8) is 0 Å². The van der Waals surface area contributed by atoms with Gasteiger partial charge in [0, 0.05) is 36.3 Å². The standard InChI is InChI=1S/C22H22N6O4/c1-3-28-21(31)16-7-5-4-6-15(16)18(26-28)20(30)25-24-19(29)14-8-9-17(13(2)12-14)27-11-10-23-22(27)32/h4-9,12H,3,10-11H2,1-2H3,(H,23,32)(H,24,29)(H,25,30). The van der Waals surface area contributed by atoms with Crippen LogP contribution in [0.2, 0.25) is 0 Å². The first-order valence-corrected chi connectivity index (χ1v) is 10.2. The van der Waals surface area contributed by atoms with Crippen LogP contribution in [-0.2, 0) is 6.54 Å². The number of nitrogens with one attached hydrogen (secondary N) is 3. The Labute approximate surface area is 183 Å². The number of hydrogen-bond acceptors (Lipinski definition) is 5. The molecule has 0 bridgehead atoms. The highest BCUT2D eigenvalue weighted by Crippen LogP contribution is 2.22. The van der Waals surface area contributed by atoms with Gasteiger partial charge < -0.3 is 5.32 Å². The molecule has 0 saturated carbocycles. The molecule has 164 valence electrons. The summed E-state index contributed by atoms with van der Waals surface area (Å²) in [4.78, 5) is 51.2. The number of nitrogens with zero attached hydrogens (tertiary/aromatic N) is 3. The number of fused-ring (bicyclic) bond motifs is 1. The maximum Gasteiger partial charge on any atom is 0.322 e. The SMILES string of the molecule is CCn1nc(C(=O)NNC(=O)c2ccc(N3CCNC3=O)c(C)c2)c2ccccc2c1=O. The van der Waals surface area contributed by atoms with Gasteiger partial charge in [0.05, 0.1) is 5.39 Å². The number of hydrogen-bond donors (Lipinski definition) is 3. The van der Waals surface area contributed by atoms with Crippen molar-refractivity contribution >= 4 is 34.3 Å². The van der Waals surface area contributed by atoms with Crippen LogP contribution in [0.5, 0.6) is 0 Å². The first kappa shape index (κ1) is 21.0. The summed E-state index contributed by atoms with van der Waals surface area (Å²) in [6.07, 6.45) is 0. The summed E-state index contributed by atoms with van der Waals surface area (Å²) in [6, 6.07) is 11.4. The van der Waals surface area contributed by atoms with E-state index in [9.17, 15) is 19.2 Å². The van der Waals surface area contributed by atoms with Gasteiger partial charge in [-0.25, -0.2) is 9.48 Å². The molecular weight excluding hydrogens is 412 g/mol. The lowest BCUT2D eigenvalue weighted by atomic mass is 10.1. The molecule has 3 aromatic rings. The average Bonchev–Trinajstić information content (AvgIpc) is 3.23. The summed E-state index contributed by atoms with van der Waals surface area (Å²) in [5, 5.41) is 7.66. The van der Waals surface area contributed by atoms with Crippen LogP contribution in [0.3, 0.4) is 0 Å². The minimum absolute atomic E-state index is 0.0360. The first-order valence-electron chi connectivity index (χ1n) is 10.2. The summed E-state index contributed by atoms with van der Waals surface area (Å²) in [5.41, 5.74) is 6.29. The van der Waals surface area contributed by atoms with E-state index in [4.69, 9.17) is 0 Å². The molecule has 1 aliphatic heterocycles. The first-order chi connectivity index (χ1) is 15.4. The Morgan fingerprint density at radius 1 is 1.06 bits per heavy atom. The van der Waals surface area contributed by atoms with Gasteiger partial charge in [0.15, 0.2) is 5.69 Å². The highest BCUT2D eigenvalue weighted by molar-refractivity contribution is 6.06. The van der Waals surface area contributed by atoms with Crippen molar-refractivity contribution < 1.29 is 14.4 Å². The van der Waals surface area contributed by atoms with Crippen molar-refractivity contribution in [2.45, 2.75) is 20.4 Å². The average molecular weight is 434 g/mol. The fraction of sp³-hybridized carbons (Fsp3) is 0.227. The zero-order valence-electron chi connectivity index (χ0n) is 17.6. The summed E-state index contributed by atoms with van der Waals surface area (Å²) in [7, 11) is 0. The van der Waals surface area contributed by atoms with E-state index in [0.717, 1.165) is 11.3 Å². The third kappa shape index (κ3) is 3.78. The molecule has 0 spiro atoms. The predicted molar refractivity (Wildman–Crippen MR) is 119 cm³/mol. The molecule has 4 amide bonds. The second-order valence-corrected chi connectivity index (χ2v) is 7.31. The zero-order valence-corrected chi connectivity index (χ0v) is 17.6. The van der Waals surface area contributed by atoms with Crippen LogP contribution in [0.15, 0.2) is 47.3 Å². The molecule has 0 atom stereocenters. The van der Waals surface area contributed by atoms with Gasteiger partial charge in [-0.05, 0) is 43.7 Å². The van der Waals surface area contributed by atoms with Crippen LogP contribution in [0.4, 0.5) is 10.5 Å². The van der Waals surface area contributed by atoms with Crippen molar-refractivity contribution in [3.05, 3.63) is 69.6 Å². The van der Waals surface area contributed by atoms with E-state index in [1.54, 1.807) is 61.2 Å². The molecule has 10 nitrogen and oxygen atoms in total. The molecule has 32 heavy (non-hydrogen) atoms. The van der Waals surface area contributed by atoms with Crippen LogP contribution >= 0.6 is 0 Å². The molecule has 4 rings (SSSR count). The Kier molecular flexibility index (Phi) is 5.59. The third-order valence-electron chi connectivity index (χ3n) is 5.28. The molecule has 0 unspecified atom stereocenters. The summed E-state index contributed by atoms with van der Waals surface area (Å²) >= 11 is 0. The molecule has 0 aliphatic carbocycles. The van der Waals surface area contributed by atoms with Gasteiger partial charge in [-0.2, -0.15) is 5.10 Å². The number of aryl methyl sites for hydroxylation is 2. The fourth-order valence-corrected chi connectivity index (χ4v) is 3.66. The maximum absolute atomic E-state index is 12.8. The van der Waals surface area contributed by atoms with Crippen LogP contribution < -0.4 is 26.6 Å². The van der Waals surface area contributed by atoms with Gasteiger partial charge in [0.25, 0.3) is 17.4 Å². The van der Waals surface area contributed by atoms with Crippen molar-refractivity contribution in [3.8, 4) is 0 Å². The molecule has 2 heterocycles. The molecule has 2 aromatic carbocycles. The van der Waals surface area contributed by atoms with E-state index in [-0.39, 0.29) is 17.3 Å². The Balaban J connectivity index is 1.52.